The summed E-state index contributed by atoms with van der Waals surface area (Å²) < 4.78 is 22.8. The van der Waals surface area contributed by atoms with E-state index in [1.54, 1.807) is 24.4 Å². The maximum atomic E-state index is 13.8. The lowest BCUT2D eigenvalue weighted by Crippen LogP contribution is -2.37. The maximum absolute atomic E-state index is 13.8. The van der Waals surface area contributed by atoms with Crippen molar-refractivity contribution in [1.82, 2.24) is 10.3 Å². The SMILES string of the molecule is Cc1ccc(CCN[C@H](C(=O)c2c[nH]c3cc(C(=O)CC4CS(=O)(=O)C4)ccc23)c2ccccc2)cc1. The van der Waals surface area contributed by atoms with Crippen LogP contribution in [0.3, 0.4) is 0 Å². The third kappa shape index (κ3) is 5.73. The van der Waals surface area contributed by atoms with E-state index < -0.39 is 15.9 Å². The molecule has 7 heteroatoms. The molecule has 190 valence electrons. The van der Waals surface area contributed by atoms with E-state index in [-0.39, 0.29) is 35.4 Å². The first-order valence-electron chi connectivity index (χ1n) is 12.5. The van der Waals surface area contributed by atoms with Gasteiger partial charge in [-0.25, -0.2) is 8.42 Å². The Labute approximate surface area is 217 Å². The molecule has 5 rings (SSSR count). The number of rotatable bonds is 10. The molecule has 0 spiro atoms. The number of fused-ring (bicyclic) bond motifs is 1. The van der Waals surface area contributed by atoms with Gasteiger partial charge in [0.1, 0.15) is 0 Å². The van der Waals surface area contributed by atoms with Gasteiger partial charge < -0.3 is 10.3 Å². The van der Waals surface area contributed by atoms with Crippen molar-refractivity contribution in [3.63, 3.8) is 0 Å². The van der Waals surface area contributed by atoms with Crippen LogP contribution in [0.25, 0.3) is 10.9 Å². The summed E-state index contributed by atoms with van der Waals surface area (Å²) in [5.74, 6) is -0.0595. The summed E-state index contributed by atoms with van der Waals surface area (Å²) in [6.07, 6.45) is 2.73. The highest BCUT2D eigenvalue weighted by Crippen LogP contribution is 2.28. The molecule has 1 aromatic heterocycles. The van der Waals surface area contributed by atoms with Gasteiger partial charge in [0.05, 0.1) is 17.5 Å². The highest BCUT2D eigenvalue weighted by atomic mass is 32.2. The number of carbonyl (C=O) groups excluding carboxylic acids is 2. The molecule has 0 amide bonds. The van der Waals surface area contributed by atoms with Crippen molar-refractivity contribution in [2.45, 2.75) is 25.8 Å². The first-order valence-corrected chi connectivity index (χ1v) is 14.3. The fourth-order valence-electron chi connectivity index (χ4n) is 4.95. The number of Topliss-reactive ketones (excluding diaryl/α,β-unsaturated/α-hetero) is 2. The summed E-state index contributed by atoms with van der Waals surface area (Å²) in [4.78, 5) is 29.6. The summed E-state index contributed by atoms with van der Waals surface area (Å²) in [7, 11) is -2.96. The number of benzene rings is 3. The number of H-pyrrole nitrogens is 1. The molecule has 1 saturated heterocycles. The molecule has 6 nitrogen and oxygen atoms in total. The minimum atomic E-state index is -2.96. The number of hydrogen-bond acceptors (Lipinski definition) is 5. The molecule has 2 heterocycles. The average molecular weight is 515 g/mol. The van der Waals surface area contributed by atoms with Gasteiger partial charge in [-0.2, -0.15) is 0 Å². The van der Waals surface area contributed by atoms with Crippen LogP contribution in [-0.2, 0) is 16.3 Å². The van der Waals surface area contributed by atoms with Crippen molar-refractivity contribution in [1.29, 1.82) is 0 Å². The third-order valence-electron chi connectivity index (χ3n) is 7.00. The molecule has 2 N–H and O–H groups in total. The molecule has 1 aliphatic rings. The molecule has 0 saturated carbocycles. The van der Waals surface area contributed by atoms with E-state index >= 15 is 0 Å². The smallest absolute Gasteiger partial charge is 0.186 e. The first kappa shape index (κ1) is 25.1. The van der Waals surface area contributed by atoms with E-state index in [1.165, 1.54) is 11.1 Å². The second-order valence-electron chi connectivity index (χ2n) is 9.93. The maximum Gasteiger partial charge on any atom is 0.186 e. The summed E-state index contributed by atoms with van der Waals surface area (Å²) >= 11 is 0. The van der Waals surface area contributed by atoms with E-state index in [0.29, 0.717) is 23.2 Å². The number of carbonyl (C=O) groups is 2. The van der Waals surface area contributed by atoms with Gasteiger partial charge in [-0.15, -0.1) is 0 Å². The molecule has 4 aromatic rings. The van der Waals surface area contributed by atoms with E-state index in [9.17, 15) is 18.0 Å². The predicted octanol–water partition coefficient (Wildman–Crippen LogP) is 4.85. The highest BCUT2D eigenvalue weighted by molar-refractivity contribution is 7.92. The van der Waals surface area contributed by atoms with Gasteiger partial charge in [0, 0.05) is 41.2 Å². The minimum Gasteiger partial charge on any atom is -0.360 e. The van der Waals surface area contributed by atoms with Crippen LogP contribution in [-0.4, -0.2) is 43.0 Å². The molecular formula is C30H30N2O4S. The second kappa shape index (κ2) is 10.4. The minimum absolute atomic E-state index is 0.0416. The average Bonchev–Trinajstić information content (AvgIpc) is 3.30. The van der Waals surface area contributed by atoms with Crippen molar-refractivity contribution in [3.8, 4) is 0 Å². The highest BCUT2D eigenvalue weighted by Gasteiger charge is 2.34. The number of aromatic nitrogens is 1. The van der Waals surface area contributed by atoms with Crippen LogP contribution in [0.5, 0.6) is 0 Å². The lowest BCUT2D eigenvalue weighted by atomic mass is 9.95. The van der Waals surface area contributed by atoms with Gasteiger partial charge in [-0.1, -0.05) is 72.3 Å². The molecule has 3 aromatic carbocycles. The van der Waals surface area contributed by atoms with Crippen LogP contribution < -0.4 is 5.32 Å². The zero-order valence-electron chi connectivity index (χ0n) is 20.7. The summed E-state index contributed by atoms with van der Waals surface area (Å²) in [5.41, 5.74) is 5.12. The fourth-order valence-corrected chi connectivity index (χ4v) is 6.52. The number of aryl methyl sites for hydroxylation is 1. The Hall–Kier alpha value is -3.55. The third-order valence-corrected chi connectivity index (χ3v) is 8.96. The topological polar surface area (TPSA) is 96.1 Å². The molecule has 1 fully saturated rings. The Morgan fingerprint density at radius 2 is 1.73 bits per heavy atom. The van der Waals surface area contributed by atoms with Gasteiger partial charge in [0.2, 0.25) is 0 Å². The molecule has 0 unspecified atom stereocenters. The standard InChI is InChI=1S/C30H30N2O4S/c1-20-7-9-21(10-8-20)13-14-31-29(23-5-3-2-4-6-23)30(34)26-17-32-27-16-24(11-12-25(26)27)28(33)15-22-18-37(35,36)19-22/h2-12,16-17,22,29,31-32H,13-15,18-19H2,1H3/t29-/m0/s1. The van der Waals surface area contributed by atoms with Gasteiger partial charge >= 0.3 is 0 Å². The van der Waals surface area contributed by atoms with Crippen molar-refractivity contribution >= 4 is 32.3 Å². The molecular weight excluding hydrogens is 484 g/mol. The molecule has 0 aliphatic carbocycles. The van der Waals surface area contributed by atoms with Crippen molar-refractivity contribution in [3.05, 3.63) is 107 Å². The number of aromatic amines is 1. The van der Waals surface area contributed by atoms with E-state index in [0.717, 1.165) is 17.4 Å². The van der Waals surface area contributed by atoms with Gasteiger partial charge in [0.25, 0.3) is 0 Å². The largest absolute Gasteiger partial charge is 0.360 e. The van der Waals surface area contributed by atoms with Gasteiger partial charge in [-0.3, -0.25) is 9.59 Å². The molecule has 0 radical (unpaired) electrons. The molecule has 1 atom stereocenters. The summed E-state index contributed by atoms with van der Waals surface area (Å²) in [6, 6.07) is 22.9. The van der Waals surface area contributed by atoms with Crippen LogP contribution in [0, 0.1) is 12.8 Å². The second-order valence-corrected chi connectivity index (χ2v) is 12.1. The van der Waals surface area contributed by atoms with E-state index in [4.69, 9.17) is 0 Å². The Morgan fingerprint density at radius 1 is 1.00 bits per heavy atom. The van der Waals surface area contributed by atoms with Gasteiger partial charge in [0.15, 0.2) is 21.4 Å². The normalized spacial score (nSPS) is 15.8. The van der Waals surface area contributed by atoms with E-state index in [2.05, 4.69) is 41.5 Å². The Morgan fingerprint density at radius 3 is 2.43 bits per heavy atom. The zero-order chi connectivity index (χ0) is 26.0. The van der Waals surface area contributed by atoms with E-state index in [1.807, 2.05) is 30.3 Å². The first-order chi connectivity index (χ1) is 17.8. The number of ketones is 2. The van der Waals surface area contributed by atoms with Crippen molar-refractivity contribution in [2.24, 2.45) is 5.92 Å². The van der Waals surface area contributed by atoms with Gasteiger partial charge in [-0.05, 0) is 36.5 Å². The number of sulfone groups is 1. The van der Waals surface area contributed by atoms with Crippen molar-refractivity contribution < 1.29 is 18.0 Å². The Bertz CT molecular complexity index is 1530. The molecule has 1 aliphatic heterocycles. The lowest BCUT2D eigenvalue weighted by molar-refractivity contribution is 0.0942. The molecule has 37 heavy (non-hydrogen) atoms. The summed E-state index contributed by atoms with van der Waals surface area (Å²) in [6.45, 7) is 2.71. The monoisotopic (exact) mass is 514 g/mol. The number of nitrogens with one attached hydrogen (secondary N) is 2. The molecule has 0 bridgehead atoms. The lowest BCUT2D eigenvalue weighted by Gasteiger charge is -2.24. The van der Waals surface area contributed by atoms with Crippen LogP contribution in [0.1, 0.15) is 49.9 Å². The quantitative estimate of drug-likeness (QED) is 0.295. The van der Waals surface area contributed by atoms with Crippen LogP contribution >= 0.6 is 0 Å². The Kier molecular flexibility index (Phi) is 7.09. The van der Waals surface area contributed by atoms with Crippen LogP contribution in [0.2, 0.25) is 0 Å². The Balaban J connectivity index is 1.33. The predicted molar refractivity (Wildman–Crippen MR) is 146 cm³/mol. The zero-order valence-corrected chi connectivity index (χ0v) is 21.6. The number of hydrogen-bond donors (Lipinski definition) is 2. The van der Waals surface area contributed by atoms with Crippen LogP contribution in [0.15, 0.2) is 79.0 Å². The fraction of sp³-hybridized carbons (Fsp3) is 0.267. The van der Waals surface area contributed by atoms with Crippen LogP contribution in [0.4, 0.5) is 0 Å². The summed E-state index contributed by atoms with van der Waals surface area (Å²) in [5, 5.41) is 4.21. The van der Waals surface area contributed by atoms with Crippen molar-refractivity contribution in [2.75, 3.05) is 18.1 Å².